The van der Waals surface area contributed by atoms with Crippen LogP contribution in [0.3, 0.4) is 0 Å². The molecule has 26 heavy (non-hydrogen) atoms. The van der Waals surface area contributed by atoms with Gasteiger partial charge < -0.3 is 19.9 Å². The minimum Gasteiger partial charge on any atom is -0.381 e. The number of ether oxygens (including phenoxy) is 1. The topological polar surface area (TPSA) is 40.1 Å². The van der Waals surface area contributed by atoms with Crippen LogP contribution in [-0.2, 0) is 4.74 Å². The van der Waals surface area contributed by atoms with Crippen molar-refractivity contribution in [1.29, 1.82) is 0 Å². The highest BCUT2D eigenvalue weighted by molar-refractivity contribution is 14.0. The summed E-state index contributed by atoms with van der Waals surface area (Å²) in [5.74, 6) is 2.76. The number of halogens is 1. The number of nitrogens with zero attached hydrogens (tertiary/aromatic N) is 3. The van der Waals surface area contributed by atoms with Crippen molar-refractivity contribution < 1.29 is 4.74 Å². The molecule has 0 radical (unpaired) electrons. The lowest BCUT2D eigenvalue weighted by atomic mass is 9.96. The van der Waals surface area contributed by atoms with Crippen LogP contribution >= 0.6 is 24.0 Å². The van der Waals surface area contributed by atoms with Gasteiger partial charge in [0.15, 0.2) is 5.96 Å². The van der Waals surface area contributed by atoms with Crippen LogP contribution in [-0.4, -0.2) is 75.3 Å². The lowest BCUT2D eigenvalue weighted by Gasteiger charge is -2.30. The van der Waals surface area contributed by atoms with E-state index >= 15 is 0 Å². The summed E-state index contributed by atoms with van der Waals surface area (Å²) in [6.45, 7) is 13.1. The van der Waals surface area contributed by atoms with Crippen molar-refractivity contribution in [3.8, 4) is 0 Å². The Bertz CT molecular complexity index is 388. The molecule has 0 amide bonds. The van der Waals surface area contributed by atoms with Crippen molar-refractivity contribution >= 4 is 29.9 Å². The first-order valence-electron chi connectivity index (χ1n) is 10.5. The maximum absolute atomic E-state index is 5.46. The van der Waals surface area contributed by atoms with Crippen LogP contribution < -0.4 is 5.32 Å². The number of nitrogens with one attached hydrogen (secondary N) is 1. The number of hydrogen-bond donors (Lipinski definition) is 1. The van der Waals surface area contributed by atoms with Crippen molar-refractivity contribution in [1.82, 2.24) is 15.1 Å². The molecule has 0 bridgehead atoms. The summed E-state index contributed by atoms with van der Waals surface area (Å²) in [5, 5.41) is 3.45. The molecule has 0 saturated carbocycles. The van der Waals surface area contributed by atoms with E-state index in [2.05, 4.69) is 36.0 Å². The third-order valence-electron chi connectivity index (χ3n) is 5.55. The number of likely N-dealkylation sites (tertiary alicyclic amines) is 1. The van der Waals surface area contributed by atoms with E-state index in [9.17, 15) is 0 Å². The molecule has 1 unspecified atom stereocenters. The smallest absolute Gasteiger partial charge is 0.193 e. The Balaban J connectivity index is 0.00000338. The largest absolute Gasteiger partial charge is 0.381 e. The van der Waals surface area contributed by atoms with Crippen molar-refractivity contribution in [3.63, 3.8) is 0 Å². The Morgan fingerprint density at radius 1 is 1.27 bits per heavy atom. The number of aliphatic imine (C=N–C) groups is 1. The summed E-state index contributed by atoms with van der Waals surface area (Å²) in [5.41, 5.74) is 0. The summed E-state index contributed by atoms with van der Waals surface area (Å²) < 4.78 is 5.46. The fourth-order valence-corrected chi connectivity index (χ4v) is 3.96. The summed E-state index contributed by atoms with van der Waals surface area (Å²) in [7, 11) is 2.17. The molecule has 0 aliphatic carbocycles. The summed E-state index contributed by atoms with van der Waals surface area (Å²) in [6, 6.07) is 0. The molecule has 1 N–H and O–H groups in total. The molecule has 0 aromatic carbocycles. The van der Waals surface area contributed by atoms with Crippen LogP contribution in [0, 0.1) is 11.8 Å². The van der Waals surface area contributed by atoms with Crippen LogP contribution in [0.4, 0.5) is 0 Å². The van der Waals surface area contributed by atoms with Crippen molar-refractivity contribution in [2.45, 2.75) is 52.4 Å². The standard InChI is InChI=1S/C20H40N4O.HI/c1-4-21-20(23(3)14-8-19-9-15-25-16-10-19)22-11-6-13-24-12-5-7-18(2)17-24;/h18-19H,4-17H2,1-3H3,(H,21,22);1H. The molecule has 2 aliphatic rings. The Kier molecular flexibility index (Phi) is 12.9. The van der Waals surface area contributed by atoms with Gasteiger partial charge in [-0.25, -0.2) is 0 Å². The first-order chi connectivity index (χ1) is 12.2. The van der Waals surface area contributed by atoms with Gasteiger partial charge in [-0.1, -0.05) is 6.92 Å². The van der Waals surface area contributed by atoms with Gasteiger partial charge in [-0.3, -0.25) is 4.99 Å². The average Bonchev–Trinajstić information content (AvgIpc) is 2.63. The fourth-order valence-electron chi connectivity index (χ4n) is 3.96. The normalized spacial score (nSPS) is 22.7. The van der Waals surface area contributed by atoms with E-state index in [1.54, 1.807) is 0 Å². The number of guanidine groups is 1. The summed E-state index contributed by atoms with van der Waals surface area (Å²) in [4.78, 5) is 9.78. The molecule has 5 nitrogen and oxygen atoms in total. The fraction of sp³-hybridized carbons (Fsp3) is 0.950. The predicted molar refractivity (Wildman–Crippen MR) is 122 cm³/mol. The Labute approximate surface area is 178 Å². The molecule has 6 heteroatoms. The number of rotatable bonds is 8. The van der Waals surface area contributed by atoms with Gasteiger partial charge in [0.2, 0.25) is 0 Å². The Hall–Kier alpha value is -0.0800. The quantitative estimate of drug-likeness (QED) is 0.250. The zero-order chi connectivity index (χ0) is 17.9. The minimum absolute atomic E-state index is 0. The molecular formula is C20H41IN4O. The van der Waals surface area contributed by atoms with Gasteiger partial charge in [0, 0.05) is 46.4 Å². The molecule has 1 atom stereocenters. The molecule has 2 aliphatic heterocycles. The molecule has 0 aromatic rings. The zero-order valence-electron chi connectivity index (χ0n) is 17.2. The van der Waals surface area contributed by atoms with Crippen molar-refractivity contribution in [2.75, 3.05) is 59.5 Å². The Morgan fingerprint density at radius 2 is 2.04 bits per heavy atom. The lowest BCUT2D eigenvalue weighted by molar-refractivity contribution is 0.0625. The monoisotopic (exact) mass is 480 g/mol. The SMILES string of the molecule is CCNC(=NCCCN1CCCC(C)C1)N(C)CCC1CCOCC1.I. The molecule has 2 heterocycles. The van der Waals surface area contributed by atoms with E-state index in [1.165, 1.54) is 51.7 Å². The molecule has 2 fully saturated rings. The second-order valence-electron chi connectivity index (χ2n) is 7.90. The van der Waals surface area contributed by atoms with Gasteiger partial charge in [0.1, 0.15) is 0 Å². The van der Waals surface area contributed by atoms with E-state index < -0.39 is 0 Å². The van der Waals surface area contributed by atoms with E-state index in [0.29, 0.717) is 0 Å². The third kappa shape index (κ3) is 9.22. The summed E-state index contributed by atoms with van der Waals surface area (Å²) in [6.07, 6.45) is 7.61. The zero-order valence-corrected chi connectivity index (χ0v) is 19.5. The van der Waals surface area contributed by atoms with Gasteiger partial charge >= 0.3 is 0 Å². The lowest BCUT2D eigenvalue weighted by Crippen LogP contribution is -2.40. The van der Waals surface area contributed by atoms with E-state index in [1.807, 2.05) is 0 Å². The predicted octanol–water partition coefficient (Wildman–Crippen LogP) is 3.44. The average molecular weight is 480 g/mol. The maximum atomic E-state index is 5.46. The summed E-state index contributed by atoms with van der Waals surface area (Å²) >= 11 is 0. The van der Waals surface area contributed by atoms with Gasteiger partial charge in [-0.15, -0.1) is 24.0 Å². The van der Waals surface area contributed by atoms with Crippen LogP contribution in [0.25, 0.3) is 0 Å². The van der Waals surface area contributed by atoms with E-state index in [-0.39, 0.29) is 24.0 Å². The second-order valence-corrected chi connectivity index (χ2v) is 7.90. The van der Waals surface area contributed by atoms with Crippen molar-refractivity contribution in [3.05, 3.63) is 0 Å². The van der Waals surface area contributed by atoms with Crippen LogP contribution in [0.1, 0.15) is 52.4 Å². The first kappa shape index (κ1) is 24.0. The molecule has 2 saturated heterocycles. The van der Waals surface area contributed by atoms with Crippen LogP contribution in [0.15, 0.2) is 4.99 Å². The molecule has 2 rings (SSSR count). The van der Waals surface area contributed by atoms with Crippen LogP contribution in [0.5, 0.6) is 0 Å². The highest BCUT2D eigenvalue weighted by atomic mass is 127. The van der Waals surface area contributed by atoms with Gasteiger partial charge in [0.25, 0.3) is 0 Å². The minimum atomic E-state index is 0. The maximum Gasteiger partial charge on any atom is 0.193 e. The van der Waals surface area contributed by atoms with E-state index in [4.69, 9.17) is 9.73 Å². The van der Waals surface area contributed by atoms with Gasteiger partial charge in [-0.05, 0) is 70.4 Å². The van der Waals surface area contributed by atoms with Crippen molar-refractivity contribution in [2.24, 2.45) is 16.8 Å². The first-order valence-corrected chi connectivity index (χ1v) is 10.5. The third-order valence-corrected chi connectivity index (χ3v) is 5.55. The van der Waals surface area contributed by atoms with Gasteiger partial charge in [-0.2, -0.15) is 0 Å². The highest BCUT2D eigenvalue weighted by Crippen LogP contribution is 2.18. The van der Waals surface area contributed by atoms with Crippen LogP contribution in [0.2, 0.25) is 0 Å². The van der Waals surface area contributed by atoms with Gasteiger partial charge in [0.05, 0.1) is 0 Å². The highest BCUT2D eigenvalue weighted by Gasteiger charge is 2.16. The molecular weight excluding hydrogens is 439 g/mol. The number of piperidine rings is 1. The second kappa shape index (κ2) is 14.0. The number of hydrogen-bond acceptors (Lipinski definition) is 3. The molecule has 0 aromatic heterocycles. The Morgan fingerprint density at radius 3 is 2.73 bits per heavy atom. The van der Waals surface area contributed by atoms with E-state index in [0.717, 1.165) is 57.1 Å². The molecule has 154 valence electrons. The molecule has 0 spiro atoms.